The van der Waals surface area contributed by atoms with Crippen molar-refractivity contribution in [3.63, 3.8) is 0 Å². The molecule has 5 nitrogen and oxygen atoms in total. The first-order valence-corrected chi connectivity index (χ1v) is 9.09. The second-order valence-corrected chi connectivity index (χ2v) is 7.23. The summed E-state index contributed by atoms with van der Waals surface area (Å²) in [5, 5.41) is 12.4. The van der Waals surface area contributed by atoms with Crippen molar-refractivity contribution in [2.24, 2.45) is 5.92 Å². The zero-order chi connectivity index (χ0) is 20.5. The average molecular weight is 390 g/mol. The third-order valence-electron chi connectivity index (χ3n) is 4.97. The molecule has 2 heterocycles. The summed E-state index contributed by atoms with van der Waals surface area (Å²) in [5.74, 6) is -1.16. The lowest BCUT2D eigenvalue weighted by Crippen LogP contribution is -2.45. The number of piperidine rings is 1. The molecule has 1 aliphatic heterocycles. The van der Waals surface area contributed by atoms with Crippen molar-refractivity contribution >= 4 is 22.5 Å². The van der Waals surface area contributed by atoms with E-state index in [0.717, 1.165) is 22.0 Å². The van der Waals surface area contributed by atoms with Crippen LogP contribution in [-0.2, 0) is 4.79 Å². The van der Waals surface area contributed by atoms with Crippen LogP contribution < -0.4 is 10.2 Å². The first kappa shape index (κ1) is 19.9. The van der Waals surface area contributed by atoms with Gasteiger partial charge < -0.3 is 10.2 Å². The van der Waals surface area contributed by atoms with Crippen molar-refractivity contribution in [1.82, 2.24) is 10.3 Å². The number of benzene rings is 1. The monoisotopic (exact) mass is 390 g/mol. The molecule has 1 unspecified atom stereocenters. The summed E-state index contributed by atoms with van der Waals surface area (Å²) in [6.07, 6.45) is -1.74. The van der Waals surface area contributed by atoms with Crippen molar-refractivity contribution in [1.29, 1.82) is 5.26 Å². The Bertz CT molecular complexity index is 949. The van der Waals surface area contributed by atoms with Crippen LogP contribution in [0.25, 0.3) is 10.9 Å². The summed E-state index contributed by atoms with van der Waals surface area (Å²) >= 11 is 0. The summed E-state index contributed by atoms with van der Waals surface area (Å²) in [6.45, 7) is 3.47. The Morgan fingerprint density at radius 1 is 1.39 bits per heavy atom. The van der Waals surface area contributed by atoms with Crippen LogP contribution in [0.2, 0.25) is 0 Å². The molecule has 8 heteroatoms. The average Bonchev–Trinajstić information content (AvgIpc) is 2.64. The third kappa shape index (κ3) is 4.19. The molecule has 0 radical (unpaired) electrons. The number of nitriles is 1. The molecule has 1 fully saturated rings. The van der Waals surface area contributed by atoms with Gasteiger partial charge in [0.05, 0.1) is 22.7 Å². The maximum Gasteiger partial charge on any atom is 0.405 e. The van der Waals surface area contributed by atoms with E-state index in [1.807, 2.05) is 36.2 Å². The van der Waals surface area contributed by atoms with Crippen LogP contribution in [0.4, 0.5) is 18.9 Å². The largest absolute Gasteiger partial charge is 0.405 e. The highest BCUT2D eigenvalue weighted by Gasteiger charge is 2.32. The number of hydrogen-bond donors (Lipinski definition) is 1. The van der Waals surface area contributed by atoms with Crippen LogP contribution in [0.1, 0.15) is 29.5 Å². The Hall–Kier alpha value is -2.82. The minimum absolute atomic E-state index is 0.268. The molecule has 28 heavy (non-hydrogen) atoms. The van der Waals surface area contributed by atoms with E-state index in [2.05, 4.69) is 11.1 Å². The van der Waals surface area contributed by atoms with Gasteiger partial charge in [-0.3, -0.25) is 9.78 Å². The molecule has 0 spiro atoms. The number of aryl methyl sites for hydroxylation is 2. The zero-order valence-corrected chi connectivity index (χ0v) is 15.7. The number of aromatic nitrogens is 1. The summed E-state index contributed by atoms with van der Waals surface area (Å²) in [5.41, 5.74) is 3.89. The van der Waals surface area contributed by atoms with Gasteiger partial charge in [0.15, 0.2) is 0 Å². The predicted molar refractivity (Wildman–Crippen MR) is 99.9 cm³/mol. The number of amides is 1. The molecule has 0 aliphatic carbocycles. The van der Waals surface area contributed by atoms with E-state index in [1.54, 1.807) is 0 Å². The van der Waals surface area contributed by atoms with Crippen LogP contribution in [0.5, 0.6) is 0 Å². The van der Waals surface area contributed by atoms with Gasteiger partial charge in [-0.25, -0.2) is 0 Å². The van der Waals surface area contributed by atoms with Gasteiger partial charge in [0.25, 0.3) is 0 Å². The van der Waals surface area contributed by atoms with Crippen molar-refractivity contribution in [3.8, 4) is 6.07 Å². The quantitative estimate of drug-likeness (QED) is 0.869. The first-order valence-electron chi connectivity index (χ1n) is 9.09. The number of anilines is 1. The van der Waals surface area contributed by atoms with E-state index < -0.39 is 24.5 Å². The molecule has 3 rings (SSSR count). The summed E-state index contributed by atoms with van der Waals surface area (Å²) in [6, 6.07) is 6.13. The Labute approximate surface area is 161 Å². The van der Waals surface area contributed by atoms with Gasteiger partial charge in [-0.2, -0.15) is 18.4 Å². The molecule has 1 N–H and O–H groups in total. The Balaban J connectivity index is 1.93. The number of nitrogens with zero attached hydrogens (tertiary/aromatic N) is 3. The zero-order valence-electron chi connectivity index (χ0n) is 15.7. The van der Waals surface area contributed by atoms with E-state index in [0.29, 0.717) is 30.6 Å². The lowest BCUT2D eigenvalue weighted by Gasteiger charge is -2.35. The first-order chi connectivity index (χ1) is 13.2. The molecule has 1 atom stereocenters. The number of pyridine rings is 1. The minimum Gasteiger partial charge on any atom is -0.369 e. The molecule has 1 amide bonds. The predicted octanol–water partition coefficient (Wildman–Crippen LogP) is 3.62. The summed E-state index contributed by atoms with van der Waals surface area (Å²) < 4.78 is 37.2. The van der Waals surface area contributed by atoms with E-state index in [4.69, 9.17) is 0 Å². The van der Waals surface area contributed by atoms with Crippen LogP contribution in [0, 0.1) is 31.1 Å². The van der Waals surface area contributed by atoms with Gasteiger partial charge in [0.1, 0.15) is 12.6 Å². The van der Waals surface area contributed by atoms with E-state index in [9.17, 15) is 23.2 Å². The Morgan fingerprint density at radius 2 is 2.14 bits per heavy atom. The Kier molecular flexibility index (Phi) is 5.45. The smallest absolute Gasteiger partial charge is 0.369 e. The van der Waals surface area contributed by atoms with Crippen molar-refractivity contribution in [2.75, 3.05) is 24.5 Å². The van der Waals surface area contributed by atoms with Gasteiger partial charge in [-0.05, 0) is 38.3 Å². The Morgan fingerprint density at radius 3 is 2.82 bits per heavy atom. The summed E-state index contributed by atoms with van der Waals surface area (Å²) in [7, 11) is 0. The van der Waals surface area contributed by atoms with Crippen molar-refractivity contribution < 1.29 is 18.0 Å². The number of carbonyl (C=O) groups excluding carboxylic acids is 1. The lowest BCUT2D eigenvalue weighted by atomic mass is 9.94. The normalized spacial score (nSPS) is 17.4. The highest BCUT2D eigenvalue weighted by Crippen LogP contribution is 2.34. The lowest BCUT2D eigenvalue weighted by molar-refractivity contribution is -0.140. The number of alkyl halides is 3. The second-order valence-electron chi connectivity index (χ2n) is 7.23. The van der Waals surface area contributed by atoms with Gasteiger partial charge in [-0.15, -0.1) is 0 Å². The summed E-state index contributed by atoms with van der Waals surface area (Å²) in [4.78, 5) is 18.6. The van der Waals surface area contributed by atoms with Gasteiger partial charge in [-0.1, -0.05) is 11.6 Å². The molecule has 1 aliphatic rings. The number of fused-ring (bicyclic) bond motifs is 1. The molecule has 2 aromatic rings. The molecule has 1 aromatic heterocycles. The number of nitrogens with one attached hydrogen (secondary N) is 1. The van der Waals surface area contributed by atoms with Gasteiger partial charge in [0, 0.05) is 24.7 Å². The number of hydrogen-bond acceptors (Lipinski definition) is 4. The fourth-order valence-electron chi connectivity index (χ4n) is 3.80. The van der Waals surface area contributed by atoms with E-state index in [1.165, 1.54) is 6.20 Å². The molecule has 148 valence electrons. The topological polar surface area (TPSA) is 69.0 Å². The second kappa shape index (κ2) is 7.66. The number of rotatable bonds is 3. The molecular formula is C20H21F3N4O. The van der Waals surface area contributed by atoms with Crippen LogP contribution >= 0.6 is 0 Å². The standard InChI is InChI=1S/C20H21F3N4O/c1-12-6-13(2)17-16(7-12)18(15(8-24)9-25-17)27-5-3-4-14(10-27)19(28)26-11-20(21,22)23/h6-7,9,14H,3-5,10-11H2,1-2H3,(H,26,28). The molecule has 1 saturated heterocycles. The highest BCUT2D eigenvalue weighted by molar-refractivity contribution is 5.97. The SMILES string of the molecule is Cc1cc(C)c2ncc(C#N)c(N3CCCC(C(=O)NCC(F)(F)F)C3)c2c1. The number of carbonyl (C=O) groups is 1. The fourth-order valence-corrected chi connectivity index (χ4v) is 3.80. The highest BCUT2D eigenvalue weighted by atomic mass is 19.4. The molecule has 1 aromatic carbocycles. The van der Waals surface area contributed by atoms with Gasteiger partial charge in [0.2, 0.25) is 5.91 Å². The fraction of sp³-hybridized carbons (Fsp3) is 0.450. The van der Waals surface area contributed by atoms with Crippen LogP contribution in [0.15, 0.2) is 18.3 Å². The third-order valence-corrected chi connectivity index (χ3v) is 4.97. The molecular weight excluding hydrogens is 369 g/mol. The maximum atomic E-state index is 12.4. The van der Waals surface area contributed by atoms with E-state index >= 15 is 0 Å². The van der Waals surface area contributed by atoms with Crippen molar-refractivity contribution in [2.45, 2.75) is 32.9 Å². The van der Waals surface area contributed by atoms with Crippen molar-refractivity contribution in [3.05, 3.63) is 35.0 Å². The minimum atomic E-state index is -4.44. The van der Waals surface area contributed by atoms with E-state index in [-0.39, 0.29) is 6.54 Å². The molecule has 0 saturated carbocycles. The van der Waals surface area contributed by atoms with Crippen LogP contribution in [-0.4, -0.2) is 36.7 Å². The maximum absolute atomic E-state index is 12.4. The molecule has 0 bridgehead atoms. The van der Waals surface area contributed by atoms with Crippen LogP contribution in [0.3, 0.4) is 0 Å². The van der Waals surface area contributed by atoms with Gasteiger partial charge >= 0.3 is 6.18 Å². The number of halogens is 3.